The number of hydrogen-bond donors (Lipinski definition) is 1. The first-order valence-electron chi connectivity index (χ1n) is 12.3. The van der Waals surface area contributed by atoms with Crippen LogP contribution in [0.5, 0.6) is 0 Å². The van der Waals surface area contributed by atoms with E-state index < -0.39 is 47.4 Å². The van der Waals surface area contributed by atoms with E-state index in [2.05, 4.69) is 5.32 Å². The van der Waals surface area contributed by atoms with Crippen molar-refractivity contribution >= 4 is 23.4 Å². The molecule has 2 aromatic carbocycles. The summed E-state index contributed by atoms with van der Waals surface area (Å²) in [6.45, 7) is -0.619. The molecule has 38 heavy (non-hydrogen) atoms. The number of halogens is 4. The van der Waals surface area contributed by atoms with Gasteiger partial charge in [0.15, 0.2) is 0 Å². The zero-order valence-electron chi connectivity index (χ0n) is 20.2. The summed E-state index contributed by atoms with van der Waals surface area (Å²) >= 11 is 0. The number of amides is 3. The molecule has 1 spiro atoms. The Labute approximate surface area is 216 Å². The molecular formula is C27H24F4N4O3. The SMILES string of the molecule is N#Cc1ccc(N2CC(=O)N(Cc3ccc(C(F)(F)F)cc3)[C@]3(C[C@@H](C(=O)NC4CCC4)C3)C2=O)c(F)c1. The molecule has 2 saturated carbocycles. The minimum absolute atomic E-state index is 0.0190. The number of nitrogens with zero attached hydrogens (tertiary/aromatic N) is 3. The van der Waals surface area contributed by atoms with Gasteiger partial charge in [0.2, 0.25) is 11.8 Å². The van der Waals surface area contributed by atoms with Crippen molar-refractivity contribution in [3.63, 3.8) is 0 Å². The number of nitriles is 1. The quantitative estimate of drug-likeness (QED) is 0.596. The summed E-state index contributed by atoms with van der Waals surface area (Å²) in [5.74, 6) is -2.67. The van der Waals surface area contributed by atoms with Crippen LogP contribution in [0.1, 0.15) is 48.8 Å². The molecule has 11 heteroatoms. The highest BCUT2D eigenvalue weighted by Gasteiger charge is 2.61. The summed E-state index contributed by atoms with van der Waals surface area (Å²) < 4.78 is 53.8. The number of anilines is 1. The van der Waals surface area contributed by atoms with Gasteiger partial charge in [0.1, 0.15) is 17.9 Å². The lowest BCUT2D eigenvalue weighted by Gasteiger charge is -2.56. The van der Waals surface area contributed by atoms with Crippen LogP contribution in [0.25, 0.3) is 0 Å². The normalized spacial score (nSPS) is 23.6. The van der Waals surface area contributed by atoms with Gasteiger partial charge < -0.3 is 10.2 Å². The third-order valence-corrected chi connectivity index (χ3v) is 7.73. The summed E-state index contributed by atoms with van der Waals surface area (Å²) in [5, 5.41) is 12.0. The molecular weight excluding hydrogens is 504 g/mol. The van der Waals surface area contributed by atoms with Crippen molar-refractivity contribution in [2.24, 2.45) is 5.92 Å². The van der Waals surface area contributed by atoms with Gasteiger partial charge in [-0.15, -0.1) is 0 Å². The third kappa shape index (κ3) is 4.48. The van der Waals surface area contributed by atoms with Crippen molar-refractivity contribution in [3.05, 3.63) is 65.0 Å². The molecule has 5 rings (SSSR count). The number of rotatable bonds is 5. The number of carbonyl (C=O) groups is 3. The highest BCUT2D eigenvalue weighted by molar-refractivity contribution is 6.10. The van der Waals surface area contributed by atoms with Gasteiger partial charge in [-0.25, -0.2) is 4.39 Å². The smallest absolute Gasteiger partial charge is 0.353 e. The Morgan fingerprint density at radius 2 is 1.79 bits per heavy atom. The van der Waals surface area contributed by atoms with Crippen LogP contribution in [0.3, 0.4) is 0 Å². The van der Waals surface area contributed by atoms with Gasteiger partial charge in [-0.05, 0) is 68.0 Å². The zero-order valence-corrected chi connectivity index (χ0v) is 20.2. The fourth-order valence-electron chi connectivity index (χ4n) is 5.32. The second-order valence-corrected chi connectivity index (χ2v) is 10.1. The van der Waals surface area contributed by atoms with Gasteiger partial charge in [0, 0.05) is 18.5 Å². The second kappa shape index (κ2) is 9.42. The molecule has 3 amide bonds. The highest BCUT2D eigenvalue weighted by Crippen LogP contribution is 2.48. The van der Waals surface area contributed by atoms with Gasteiger partial charge in [0.25, 0.3) is 5.91 Å². The molecule has 0 bridgehead atoms. The van der Waals surface area contributed by atoms with Crippen LogP contribution in [0.2, 0.25) is 0 Å². The molecule has 1 heterocycles. The van der Waals surface area contributed by atoms with Gasteiger partial charge >= 0.3 is 6.18 Å². The second-order valence-electron chi connectivity index (χ2n) is 10.1. The van der Waals surface area contributed by atoms with Crippen LogP contribution in [-0.4, -0.2) is 40.7 Å². The number of hydrogen-bond acceptors (Lipinski definition) is 4. The zero-order chi connectivity index (χ0) is 27.2. The molecule has 2 aliphatic carbocycles. The maximum absolute atomic E-state index is 14.8. The fraction of sp³-hybridized carbons (Fsp3) is 0.407. The van der Waals surface area contributed by atoms with Crippen molar-refractivity contribution in [1.82, 2.24) is 10.2 Å². The van der Waals surface area contributed by atoms with Crippen molar-refractivity contribution in [2.75, 3.05) is 11.4 Å². The molecule has 198 valence electrons. The Balaban J connectivity index is 1.43. The minimum Gasteiger partial charge on any atom is -0.353 e. The van der Waals surface area contributed by atoms with E-state index in [1.807, 2.05) is 6.07 Å². The van der Waals surface area contributed by atoms with E-state index in [1.165, 1.54) is 29.2 Å². The standard InChI is InChI=1S/C27H24F4N4O3/c28-21-10-17(13-32)6-9-22(21)34-15-23(36)35(14-16-4-7-19(8-5-16)27(29,30)31)26(25(34)38)11-18(12-26)24(37)33-20-2-1-3-20/h4-10,18,20H,1-3,11-12,14-15H2,(H,33,37)/t18-,26+. The van der Waals surface area contributed by atoms with E-state index in [1.54, 1.807) is 0 Å². The van der Waals surface area contributed by atoms with E-state index >= 15 is 0 Å². The lowest BCUT2D eigenvalue weighted by atomic mass is 9.64. The van der Waals surface area contributed by atoms with E-state index in [0.29, 0.717) is 5.56 Å². The van der Waals surface area contributed by atoms with Gasteiger partial charge in [0.05, 0.1) is 22.9 Å². The molecule has 1 aliphatic heterocycles. The molecule has 0 unspecified atom stereocenters. The molecule has 2 aromatic rings. The van der Waals surface area contributed by atoms with E-state index in [4.69, 9.17) is 5.26 Å². The molecule has 1 N–H and O–H groups in total. The van der Waals surface area contributed by atoms with Crippen molar-refractivity contribution in [2.45, 2.75) is 56.4 Å². The first-order chi connectivity index (χ1) is 18.0. The topological polar surface area (TPSA) is 93.5 Å². The maximum Gasteiger partial charge on any atom is 0.416 e. The Hall–Kier alpha value is -3.94. The molecule has 0 aromatic heterocycles. The molecule has 3 aliphatic rings. The summed E-state index contributed by atoms with van der Waals surface area (Å²) in [4.78, 5) is 42.3. The maximum atomic E-state index is 14.8. The number of alkyl halides is 3. The predicted octanol–water partition coefficient (Wildman–Crippen LogP) is 3.91. The molecule has 7 nitrogen and oxygen atoms in total. The van der Waals surface area contributed by atoms with Gasteiger partial charge in [-0.1, -0.05) is 12.1 Å². The van der Waals surface area contributed by atoms with Crippen molar-refractivity contribution in [3.8, 4) is 6.07 Å². The molecule has 0 atom stereocenters. The number of nitrogens with one attached hydrogen (secondary N) is 1. The fourth-order valence-corrected chi connectivity index (χ4v) is 5.32. The van der Waals surface area contributed by atoms with Crippen LogP contribution in [0.15, 0.2) is 42.5 Å². The monoisotopic (exact) mass is 528 g/mol. The number of carbonyl (C=O) groups excluding carboxylic acids is 3. The van der Waals surface area contributed by atoms with E-state index in [0.717, 1.165) is 42.4 Å². The minimum atomic E-state index is -4.52. The van der Waals surface area contributed by atoms with Crippen molar-refractivity contribution < 1.29 is 31.9 Å². The summed E-state index contributed by atoms with van der Waals surface area (Å²) in [6.07, 6.45) is -1.69. The molecule has 0 radical (unpaired) electrons. The summed E-state index contributed by atoms with van der Waals surface area (Å²) in [7, 11) is 0. The lowest BCUT2D eigenvalue weighted by Crippen LogP contribution is -2.74. The van der Waals surface area contributed by atoms with Crippen molar-refractivity contribution in [1.29, 1.82) is 5.26 Å². The Morgan fingerprint density at radius 3 is 2.34 bits per heavy atom. The third-order valence-electron chi connectivity index (χ3n) is 7.73. The average molecular weight is 529 g/mol. The first kappa shape index (κ1) is 25.7. The number of piperazine rings is 1. The Morgan fingerprint density at radius 1 is 1.11 bits per heavy atom. The number of benzene rings is 2. The lowest BCUT2D eigenvalue weighted by molar-refractivity contribution is -0.165. The van der Waals surface area contributed by atoms with Gasteiger partial charge in [-0.3, -0.25) is 19.3 Å². The summed E-state index contributed by atoms with van der Waals surface area (Å²) in [6, 6.07) is 9.80. The van der Waals surface area contributed by atoms with E-state index in [-0.39, 0.29) is 42.6 Å². The first-order valence-corrected chi connectivity index (χ1v) is 12.3. The Bertz CT molecular complexity index is 1330. The average Bonchev–Trinajstić information content (AvgIpc) is 2.82. The van der Waals surface area contributed by atoms with Crippen LogP contribution in [-0.2, 0) is 27.1 Å². The van der Waals surface area contributed by atoms with Crippen LogP contribution >= 0.6 is 0 Å². The van der Waals surface area contributed by atoms with Gasteiger partial charge in [-0.2, -0.15) is 18.4 Å². The van der Waals surface area contributed by atoms with Crippen LogP contribution < -0.4 is 10.2 Å². The highest BCUT2D eigenvalue weighted by atomic mass is 19.4. The molecule has 3 fully saturated rings. The molecule has 1 saturated heterocycles. The van der Waals surface area contributed by atoms with E-state index in [9.17, 15) is 31.9 Å². The summed E-state index contributed by atoms with van der Waals surface area (Å²) in [5.41, 5.74) is -2.00. The van der Waals surface area contributed by atoms with Crippen LogP contribution in [0, 0.1) is 23.1 Å². The predicted molar refractivity (Wildman–Crippen MR) is 127 cm³/mol. The van der Waals surface area contributed by atoms with Crippen LogP contribution in [0.4, 0.5) is 23.2 Å². The Kier molecular flexibility index (Phi) is 6.37. The largest absolute Gasteiger partial charge is 0.416 e.